The smallest absolute Gasteiger partial charge is 0.242 e. The maximum absolute atomic E-state index is 11.6. The highest BCUT2D eigenvalue weighted by molar-refractivity contribution is 5.75. The average Bonchev–Trinajstić information content (AvgIpc) is 2.95. The number of aryl methyl sites for hydroxylation is 1. The van der Waals surface area contributed by atoms with Crippen molar-refractivity contribution in [3.8, 4) is 0 Å². The lowest BCUT2D eigenvalue weighted by atomic mass is 10.5. The average molecular weight is 250 g/mol. The summed E-state index contributed by atoms with van der Waals surface area (Å²) in [6.07, 6.45) is 3.21. The van der Waals surface area contributed by atoms with Crippen LogP contribution in [-0.4, -0.2) is 35.7 Å². The van der Waals surface area contributed by atoms with Gasteiger partial charge >= 0.3 is 0 Å². The molecule has 2 rings (SSSR count). The van der Waals surface area contributed by atoms with E-state index < -0.39 is 0 Å². The molecule has 2 heterocycles. The minimum atomic E-state index is -0.184. The second-order valence-electron chi connectivity index (χ2n) is 3.72. The molecule has 3 N–H and O–H groups in total. The number of carbonyl (C=O) groups excluding carboxylic acids is 1. The lowest BCUT2D eigenvalue weighted by Crippen LogP contribution is -2.27. The van der Waals surface area contributed by atoms with E-state index in [-0.39, 0.29) is 19.0 Å². The first-order valence-corrected chi connectivity index (χ1v) is 5.37. The minimum absolute atomic E-state index is 0.0971. The van der Waals surface area contributed by atoms with Gasteiger partial charge in [-0.2, -0.15) is 5.10 Å². The van der Waals surface area contributed by atoms with Gasteiger partial charge in [-0.05, 0) is 0 Å². The lowest BCUT2D eigenvalue weighted by molar-refractivity contribution is -0.122. The molecule has 0 unspecified atom stereocenters. The van der Waals surface area contributed by atoms with Crippen LogP contribution in [-0.2, 0) is 31.5 Å². The summed E-state index contributed by atoms with van der Waals surface area (Å²) in [5.41, 5.74) is 6.04. The molecule has 0 spiro atoms. The Morgan fingerprint density at radius 3 is 3.00 bits per heavy atom. The first-order chi connectivity index (χ1) is 8.67. The van der Waals surface area contributed by atoms with E-state index >= 15 is 0 Å². The molecule has 0 aliphatic heterocycles. The van der Waals surface area contributed by atoms with Gasteiger partial charge in [0.25, 0.3) is 0 Å². The van der Waals surface area contributed by atoms with Crippen LogP contribution < -0.4 is 11.1 Å². The molecule has 0 radical (unpaired) electrons. The Balaban J connectivity index is 1.81. The van der Waals surface area contributed by atoms with Crippen molar-refractivity contribution in [3.63, 3.8) is 0 Å². The van der Waals surface area contributed by atoms with Crippen molar-refractivity contribution in [2.75, 3.05) is 0 Å². The number of nitrogens with two attached hydrogens (primary N) is 1. The Morgan fingerprint density at radius 2 is 2.39 bits per heavy atom. The highest BCUT2D eigenvalue weighted by atomic mass is 16.2. The zero-order valence-corrected chi connectivity index (χ0v) is 9.94. The van der Waals surface area contributed by atoms with Gasteiger partial charge in [0.15, 0.2) is 5.82 Å². The number of hydrogen-bond acceptors (Lipinski definition) is 6. The maximum atomic E-state index is 11.6. The summed E-state index contributed by atoms with van der Waals surface area (Å²) in [6.45, 7) is 0.692. The zero-order chi connectivity index (χ0) is 13.0. The number of nitrogens with zero attached hydrogens (tertiary/aromatic N) is 6. The first-order valence-electron chi connectivity index (χ1n) is 5.37. The molecule has 0 saturated heterocycles. The van der Waals surface area contributed by atoms with Gasteiger partial charge in [0.05, 0.1) is 18.4 Å². The zero-order valence-electron chi connectivity index (χ0n) is 9.94. The van der Waals surface area contributed by atoms with Crippen LogP contribution in [0.4, 0.5) is 0 Å². The SMILES string of the molecule is Cn1cnc(CNC(=O)Cn2cc(CN)nn2)n1. The molecule has 0 aromatic carbocycles. The number of amides is 1. The van der Waals surface area contributed by atoms with Crippen molar-refractivity contribution in [2.45, 2.75) is 19.6 Å². The fourth-order valence-electron chi connectivity index (χ4n) is 1.35. The van der Waals surface area contributed by atoms with Crippen molar-refractivity contribution < 1.29 is 4.79 Å². The van der Waals surface area contributed by atoms with E-state index in [1.807, 2.05) is 0 Å². The molecule has 0 atom stereocenters. The molecule has 0 aliphatic carbocycles. The van der Waals surface area contributed by atoms with Gasteiger partial charge in [-0.1, -0.05) is 5.21 Å². The normalized spacial score (nSPS) is 10.6. The monoisotopic (exact) mass is 250 g/mol. The molecular weight excluding hydrogens is 236 g/mol. The number of carbonyl (C=O) groups is 1. The molecule has 0 aliphatic rings. The Morgan fingerprint density at radius 1 is 1.56 bits per heavy atom. The van der Waals surface area contributed by atoms with E-state index in [1.165, 1.54) is 4.68 Å². The Labute approximate surface area is 103 Å². The van der Waals surface area contributed by atoms with Gasteiger partial charge in [-0.15, -0.1) is 5.10 Å². The van der Waals surface area contributed by atoms with E-state index in [9.17, 15) is 4.79 Å². The van der Waals surface area contributed by atoms with Gasteiger partial charge in [0.2, 0.25) is 5.91 Å². The summed E-state index contributed by atoms with van der Waals surface area (Å²) in [7, 11) is 1.77. The van der Waals surface area contributed by atoms with Crippen LogP contribution in [0.5, 0.6) is 0 Å². The van der Waals surface area contributed by atoms with Crippen LogP contribution in [0.15, 0.2) is 12.5 Å². The molecule has 0 saturated carbocycles. The fourth-order valence-corrected chi connectivity index (χ4v) is 1.35. The van der Waals surface area contributed by atoms with Crippen LogP contribution in [0.3, 0.4) is 0 Å². The van der Waals surface area contributed by atoms with Gasteiger partial charge in [0.1, 0.15) is 12.9 Å². The second kappa shape index (κ2) is 5.36. The molecule has 0 fully saturated rings. The Bertz CT molecular complexity index is 530. The third kappa shape index (κ3) is 3.10. The Kier molecular flexibility index (Phi) is 3.63. The standard InChI is InChI=1S/C9H14N8O/c1-16-6-12-8(14-16)3-11-9(18)5-17-4-7(2-10)13-15-17/h4,6H,2-3,5,10H2,1H3,(H,11,18). The van der Waals surface area contributed by atoms with Crippen molar-refractivity contribution in [3.05, 3.63) is 24.0 Å². The van der Waals surface area contributed by atoms with Crippen LogP contribution >= 0.6 is 0 Å². The van der Waals surface area contributed by atoms with E-state index in [0.29, 0.717) is 18.1 Å². The predicted molar refractivity (Wildman–Crippen MR) is 60.8 cm³/mol. The minimum Gasteiger partial charge on any atom is -0.347 e. The molecular formula is C9H14N8O. The first kappa shape index (κ1) is 12.2. The second-order valence-corrected chi connectivity index (χ2v) is 3.72. The molecule has 96 valence electrons. The van der Waals surface area contributed by atoms with E-state index in [0.717, 1.165) is 0 Å². The summed E-state index contributed by atoms with van der Waals surface area (Å²) in [5, 5.41) is 14.3. The summed E-state index contributed by atoms with van der Waals surface area (Å²) < 4.78 is 3.01. The highest BCUT2D eigenvalue weighted by Gasteiger charge is 2.06. The molecule has 9 nitrogen and oxygen atoms in total. The molecule has 18 heavy (non-hydrogen) atoms. The summed E-state index contributed by atoms with van der Waals surface area (Å²) in [5.74, 6) is 0.378. The predicted octanol–water partition coefficient (Wildman–Crippen LogP) is -1.82. The Hall–Kier alpha value is -2.29. The largest absolute Gasteiger partial charge is 0.347 e. The van der Waals surface area contributed by atoms with E-state index in [4.69, 9.17) is 5.73 Å². The number of hydrogen-bond donors (Lipinski definition) is 2. The lowest BCUT2D eigenvalue weighted by Gasteiger charge is -2.01. The molecule has 1 amide bonds. The quantitative estimate of drug-likeness (QED) is 0.645. The highest BCUT2D eigenvalue weighted by Crippen LogP contribution is 1.91. The number of rotatable bonds is 5. The topological polar surface area (TPSA) is 117 Å². The third-order valence-electron chi connectivity index (χ3n) is 2.19. The summed E-state index contributed by atoms with van der Waals surface area (Å²) >= 11 is 0. The molecule has 2 aromatic rings. The number of nitrogens with one attached hydrogen (secondary N) is 1. The fraction of sp³-hybridized carbons (Fsp3) is 0.444. The molecule has 2 aromatic heterocycles. The third-order valence-corrected chi connectivity index (χ3v) is 2.19. The van der Waals surface area contributed by atoms with Crippen molar-refractivity contribution >= 4 is 5.91 Å². The van der Waals surface area contributed by atoms with Gasteiger partial charge in [-0.3, -0.25) is 9.48 Å². The van der Waals surface area contributed by atoms with Crippen LogP contribution in [0.2, 0.25) is 0 Å². The van der Waals surface area contributed by atoms with Crippen LogP contribution in [0.1, 0.15) is 11.5 Å². The van der Waals surface area contributed by atoms with Crippen LogP contribution in [0, 0.1) is 0 Å². The van der Waals surface area contributed by atoms with Gasteiger partial charge in [-0.25, -0.2) is 9.67 Å². The van der Waals surface area contributed by atoms with Crippen LogP contribution in [0.25, 0.3) is 0 Å². The maximum Gasteiger partial charge on any atom is 0.242 e. The van der Waals surface area contributed by atoms with Crippen molar-refractivity contribution in [1.29, 1.82) is 0 Å². The molecule has 0 bridgehead atoms. The molecule has 9 heteroatoms. The van der Waals surface area contributed by atoms with Gasteiger partial charge < -0.3 is 11.1 Å². The van der Waals surface area contributed by atoms with Crippen molar-refractivity contribution in [2.24, 2.45) is 12.8 Å². The summed E-state index contributed by atoms with van der Waals surface area (Å²) in [6, 6.07) is 0. The van der Waals surface area contributed by atoms with Crippen molar-refractivity contribution in [1.82, 2.24) is 35.1 Å². The number of aromatic nitrogens is 6. The van der Waals surface area contributed by atoms with E-state index in [2.05, 4.69) is 25.7 Å². The van der Waals surface area contributed by atoms with E-state index in [1.54, 1.807) is 24.3 Å². The van der Waals surface area contributed by atoms with Gasteiger partial charge in [0, 0.05) is 13.6 Å². The summed E-state index contributed by atoms with van der Waals surface area (Å²) in [4.78, 5) is 15.6.